The summed E-state index contributed by atoms with van der Waals surface area (Å²) in [5, 5.41) is 18.2. The average Bonchev–Trinajstić information content (AvgIpc) is 2.61. The van der Waals surface area contributed by atoms with Gasteiger partial charge >= 0.3 is 0 Å². The van der Waals surface area contributed by atoms with Crippen molar-refractivity contribution in [2.75, 3.05) is 0 Å². The lowest BCUT2D eigenvalue weighted by Gasteiger charge is -1.92. The van der Waals surface area contributed by atoms with Gasteiger partial charge in [-0.3, -0.25) is 15.2 Å². The van der Waals surface area contributed by atoms with Crippen molar-refractivity contribution in [1.29, 1.82) is 0 Å². The summed E-state index contributed by atoms with van der Waals surface area (Å²) >= 11 is 3.35. The molecule has 2 aromatic rings. The van der Waals surface area contributed by atoms with Crippen molar-refractivity contribution < 1.29 is 4.92 Å². The molecule has 5 nitrogen and oxygen atoms in total. The summed E-state index contributed by atoms with van der Waals surface area (Å²) < 4.78 is 0.912. The van der Waals surface area contributed by atoms with Crippen LogP contribution >= 0.6 is 15.9 Å². The third-order valence-corrected chi connectivity index (χ3v) is 2.68. The highest BCUT2D eigenvalue weighted by Crippen LogP contribution is 2.22. The molecular formula is C10H8BrN3O2. The Kier molecular flexibility index (Phi) is 2.74. The molecule has 0 unspecified atom stereocenters. The monoisotopic (exact) mass is 281 g/mol. The zero-order chi connectivity index (χ0) is 11.7. The Bertz CT molecular complexity index is 589. The molecule has 2 rings (SSSR count). The van der Waals surface area contributed by atoms with Gasteiger partial charge in [0, 0.05) is 22.9 Å². The number of H-pyrrole nitrogens is 1. The van der Waals surface area contributed by atoms with Gasteiger partial charge in [-0.1, -0.05) is 15.9 Å². The zero-order valence-electron chi connectivity index (χ0n) is 8.40. The number of rotatable bonds is 2. The van der Waals surface area contributed by atoms with Crippen molar-refractivity contribution in [3.63, 3.8) is 0 Å². The Hall–Kier alpha value is -1.69. The van der Waals surface area contributed by atoms with Crippen molar-refractivity contribution in [1.82, 2.24) is 10.2 Å². The second-order valence-corrected chi connectivity index (χ2v) is 4.26. The highest BCUT2D eigenvalue weighted by Gasteiger charge is 2.08. The van der Waals surface area contributed by atoms with Crippen molar-refractivity contribution in [2.45, 2.75) is 6.92 Å². The van der Waals surface area contributed by atoms with Crippen LogP contribution in [0.2, 0.25) is 0 Å². The first-order chi connectivity index (χ1) is 7.58. The standard InChI is InChI=1S/C10H8BrN3O2/c1-6(14(15)16)4-10-8-5-7(11)2-3-9(8)12-13-10/h2-5H,1H3,(H,12,13)/b6-4+. The maximum absolute atomic E-state index is 10.5. The molecule has 0 fully saturated rings. The molecule has 82 valence electrons. The zero-order valence-corrected chi connectivity index (χ0v) is 9.98. The second kappa shape index (κ2) is 4.05. The minimum absolute atomic E-state index is 0.0746. The highest BCUT2D eigenvalue weighted by molar-refractivity contribution is 9.10. The van der Waals surface area contributed by atoms with Gasteiger partial charge in [-0.05, 0) is 18.2 Å². The predicted molar refractivity (Wildman–Crippen MR) is 64.4 cm³/mol. The molecule has 1 aromatic carbocycles. The summed E-state index contributed by atoms with van der Waals surface area (Å²) in [4.78, 5) is 10.1. The molecule has 6 heteroatoms. The van der Waals surface area contributed by atoms with E-state index in [1.807, 2.05) is 18.2 Å². The lowest BCUT2D eigenvalue weighted by Crippen LogP contribution is -1.93. The largest absolute Gasteiger partial charge is 0.277 e. The van der Waals surface area contributed by atoms with E-state index in [2.05, 4.69) is 26.1 Å². The number of aromatic nitrogens is 2. The predicted octanol–water partition coefficient (Wildman–Crippen LogP) is 2.96. The van der Waals surface area contributed by atoms with Crippen LogP contribution in [0.25, 0.3) is 17.0 Å². The summed E-state index contributed by atoms with van der Waals surface area (Å²) in [5.74, 6) is 0. The number of nitrogens with zero attached hydrogens (tertiary/aromatic N) is 2. The molecule has 0 amide bonds. The number of aromatic amines is 1. The molecule has 0 spiro atoms. The number of hydrogen-bond donors (Lipinski definition) is 1. The summed E-state index contributed by atoms with van der Waals surface area (Å²) in [5.41, 5.74) is 1.50. The van der Waals surface area contributed by atoms with Gasteiger partial charge in [0.15, 0.2) is 0 Å². The van der Waals surface area contributed by atoms with E-state index in [0.717, 1.165) is 15.4 Å². The van der Waals surface area contributed by atoms with Crippen LogP contribution in [0.5, 0.6) is 0 Å². The molecule has 0 aliphatic heterocycles. The third kappa shape index (κ3) is 1.96. The third-order valence-electron chi connectivity index (χ3n) is 2.19. The van der Waals surface area contributed by atoms with Crippen molar-refractivity contribution in [2.24, 2.45) is 0 Å². The lowest BCUT2D eigenvalue weighted by atomic mass is 10.2. The van der Waals surface area contributed by atoms with Crippen LogP contribution in [0.1, 0.15) is 12.6 Å². The van der Waals surface area contributed by atoms with E-state index in [1.165, 1.54) is 13.0 Å². The molecule has 0 bridgehead atoms. The Morgan fingerprint density at radius 2 is 2.38 bits per heavy atom. The normalized spacial score (nSPS) is 12.0. The molecule has 1 N–H and O–H groups in total. The van der Waals surface area contributed by atoms with E-state index in [1.54, 1.807) is 0 Å². The smallest absolute Gasteiger partial charge is 0.245 e. The van der Waals surface area contributed by atoms with Gasteiger partial charge in [-0.25, -0.2) is 0 Å². The number of nitro groups is 1. The molecule has 0 saturated heterocycles. The summed E-state index contributed by atoms with van der Waals surface area (Å²) in [7, 11) is 0. The van der Waals surface area contributed by atoms with Gasteiger partial charge in [0.2, 0.25) is 5.70 Å². The minimum atomic E-state index is -0.426. The van der Waals surface area contributed by atoms with Gasteiger partial charge in [0.1, 0.15) is 0 Å². The average molecular weight is 282 g/mol. The van der Waals surface area contributed by atoms with E-state index in [-0.39, 0.29) is 5.70 Å². The first-order valence-corrected chi connectivity index (χ1v) is 5.33. The van der Waals surface area contributed by atoms with E-state index < -0.39 is 4.92 Å². The Morgan fingerprint density at radius 1 is 1.62 bits per heavy atom. The van der Waals surface area contributed by atoms with Gasteiger partial charge in [0.05, 0.1) is 16.1 Å². The maximum atomic E-state index is 10.5. The van der Waals surface area contributed by atoms with Crippen molar-refractivity contribution >= 4 is 32.9 Å². The van der Waals surface area contributed by atoms with E-state index >= 15 is 0 Å². The summed E-state index contributed by atoms with van der Waals surface area (Å²) in [6, 6.07) is 5.59. The van der Waals surface area contributed by atoms with Crippen LogP contribution < -0.4 is 0 Å². The van der Waals surface area contributed by atoms with Crippen LogP contribution in [0.3, 0.4) is 0 Å². The number of benzene rings is 1. The van der Waals surface area contributed by atoms with E-state index in [4.69, 9.17) is 0 Å². The number of hydrogen-bond acceptors (Lipinski definition) is 3. The lowest BCUT2D eigenvalue weighted by molar-refractivity contribution is -0.422. The van der Waals surface area contributed by atoms with Crippen LogP contribution in [0.4, 0.5) is 0 Å². The first-order valence-electron chi connectivity index (χ1n) is 4.54. The highest BCUT2D eigenvalue weighted by atomic mass is 79.9. The molecule has 0 aliphatic carbocycles. The summed E-state index contributed by atoms with van der Waals surface area (Å²) in [6.07, 6.45) is 1.47. The summed E-state index contributed by atoms with van der Waals surface area (Å²) in [6.45, 7) is 1.45. The van der Waals surface area contributed by atoms with Crippen LogP contribution in [0, 0.1) is 10.1 Å². The minimum Gasteiger partial charge on any atom is -0.277 e. The Morgan fingerprint density at radius 3 is 3.06 bits per heavy atom. The molecule has 16 heavy (non-hydrogen) atoms. The van der Waals surface area contributed by atoms with Crippen LogP contribution in [-0.4, -0.2) is 15.1 Å². The molecule has 0 saturated carbocycles. The SMILES string of the molecule is C/C(=C\c1[nH]nc2ccc(Br)cc12)[N+](=O)[O-]. The van der Waals surface area contributed by atoms with Crippen LogP contribution in [-0.2, 0) is 0 Å². The van der Waals surface area contributed by atoms with Crippen molar-refractivity contribution in [3.05, 3.63) is 44.2 Å². The fraction of sp³-hybridized carbons (Fsp3) is 0.100. The van der Waals surface area contributed by atoms with Crippen LogP contribution in [0.15, 0.2) is 28.4 Å². The number of fused-ring (bicyclic) bond motifs is 1. The number of halogens is 1. The fourth-order valence-electron chi connectivity index (χ4n) is 1.37. The molecule has 1 aromatic heterocycles. The molecule has 1 heterocycles. The second-order valence-electron chi connectivity index (χ2n) is 3.34. The maximum Gasteiger partial charge on any atom is 0.245 e. The fourth-order valence-corrected chi connectivity index (χ4v) is 1.73. The molecular weight excluding hydrogens is 274 g/mol. The quantitative estimate of drug-likeness (QED) is 0.679. The topological polar surface area (TPSA) is 71.8 Å². The van der Waals surface area contributed by atoms with Gasteiger partial charge in [0.25, 0.3) is 0 Å². The Labute approximate surface area is 99.4 Å². The number of allylic oxidation sites excluding steroid dienone is 1. The molecule has 0 aliphatic rings. The molecule has 0 radical (unpaired) electrons. The van der Waals surface area contributed by atoms with Gasteiger partial charge in [-0.15, -0.1) is 0 Å². The van der Waals surface area contributed by atoms with E-state index in [9.17, 15) is 10.1 Å². The number of nitrogens with one attached hydrogen (secondary N) is 1. The first kappa shape index (κ1) is 10.8. The van der Waals surface area contributed by atoms with Gasteiger partial charge < -0.3 is 0 Å². The Balaban J connectivity index is 2.57. The van der Waals surface area contributed by atoms with Gasteiger partial charge in [-0.2, -0.15) is 5.10 Å². The van der Waals surface area contributed by atoms with Crippen molar-refractivity contribution in [3.8, 4) is 0 Å². The molecule has 0 atom stereocenters. The van der Waals surface area contributed by atoms with E-state index in [0.29, 0.717) is 5.69 Å².